The van der Waals surface area contributed by atoms with Gasteiger partial charge in [0.15, 0.2) is 0 Å². The summed E-state index contributed by atoms with van der Waals surface area (Å²) in [6, 6.07) is 0. The summed E-state index contributed by atoms with van der Waals surface area (Å²) in [5.74, 6) is -0.0624. The van der Waals surface area contributed by atoms with Gasteiger partial charge in [0.25, 0.3) is 0 Å². The second-order valence-electron chi connectivity index (χ2n) is 1.82. The predicted octanol–water partition coefficient (Wildman–Crippen LogP) is 0.158. The summed E-state index contributed by atoms with van der Waals surface area (Å²) in [5, 5.41) is 10.8. The maximum Gasteiger partial charge on any atom is 0.216 e. The van der Waals surface area contributed by atoms with Crippen molar-refractivity contribution in [2.45, 2.75) is 20.8 Å². The van der Waals surface area contributed by atoms with Gasteiger partial charge in [0.05, 0.1) is 19.8 Å². The van der Waals surface area contributed by atoms with Gasteiger partial charge < -0.3 is 15.2 Å². The van der Waals surface area contributed by atoms with E-state index in [0.717, 1.165) is 0 Å². The number of nitrogens with one attached hydrogen (secondary N) is 1. The highest BCUT2D eigenvalue weighted by molar-refractivity contribution is 5.72. The lowest BCUT2D eigenvalue weighted by atomic mass is 10.6. The van der Waals surface area contributed by atoms with Gasteiger partial charge in [-0.2, -0.15) is 0 Å². The van der Waals surface area contributed by atoms with Crippen molar-refractivity contribution in [2.24, 2.45) is 0 Å². The summed E-state index contributed by atoms with van der Waals surface area (Å²) in [6.07, 6.45) is 0. The molecule has 2 N–H and O–H groups in total. The maximum atomic E-state index is 10.3. The van der Waals surface area contributed by atoms with Crippen LogP contribution in [0, 0.1) is 0 Å². The highest BCUT2D eigenvalue weighted by Crippen LogP contribution is 1.70. The van der Waals surface area contributed by atoms with E-state index in [1.165, 1.54) is 6.92 Å². The lowest BCUT2D eigenvalue weighted by molar-refractivity contribution is -0.119. The summed E-state index contributed by atoms with van der Waals surface area (Å²) < 4.78 is 4.87. The van der Waals surface area contributed by atoms with E-state index in [4.69, 9.17) is 9.84 Å². The van der Waals surface area contributed by atoms with Gasteiger partial charge in [-0.3, -0.25) is 4.79 Å². The second-order valence-corrected chi connectivity index (χ2v) is 1.82. The van der Waals surface area contributed by atoms with Crippen molar-refractivity contribution < 1.29 is 14.6 Å². The number of aliphatic hydroxyl groups is 1. The standard InChI is InChI=1S/C6H13NO3.C2H6/c1-6(9)7-2-4-10-5-3-8;1-2/h8H,2-5H2,1H3,(H,7,9);1-2H3. The van der Waals surface area contributed by atoms with E-state index in [0.29, 0.717) is 19.8 Å². The Morgan fingerprint density at radius 2 is 2.00 bits per heavy atom. The molecule has 1 amide bonds. The van der Waals surface area contributed by atoms with Crippen molar-refractivity contribution in [1.29, 1.82) is 0 Å². The van der Waals surface area contributed by atoms with Crippen molar-refractivity contribution >= 4 is 5.91 Å². The van der Waals surface area contributed by atoms with Crippen LogP contribution in [0.5, 0.6) is 0 Å². The average molecular weight is 177 g/mol. The minimum Gasteiger partial charge on any atom is -0.394 e. The Bertz CT molecular complexity index is 96.3. The van der Waals surface area contributed by atoms with E-state index >= 15 is 0 Å². The fourth-order valence-corrected chi connectivity index (χ4v) is 0.466. The van der Waals surface area contributed by atoms with Crippen LogP contribution in [0.15, 0.2) is 0 Å². The van der Waals surface area contributed by atoms with Crippen molar-refractivity contribution in [3.63, 3.8) is 0 Å². The third-order valence-corrected chi connectivity index (χ3v) is 0.856. The molecule has 0 atom stereocenters. The maximum absolute atomic E-state index is 10.3. The van der Waals surface area contributed by atoms with E-state index in [9.17, 15) is 4.79 Å². The molecule has 0 aromatic carbocycles. The minimum absolute atomic E-state index is 0.0278. The molecule has 0 aliphatic carbocycles. The summed E-state index contributed by atoms with van der Waals surface area (Å²) in [6.45, 7) is 6.78. The molecule has 0 unspecified atom stereocenters. The molecule has 0 aliphatic rings. The van der Waals surface area contributed by atoms with Crippen LogP contribution in [0.3, 0.4) is 0 Å². The molecule has 0 fully saturated rings. The quantitative estimate of drug-likeness (QED) is 0.588. The first-order chi connectivity index (χ1) is 5.77. The molecule has 0 spiro atoms. The van der Waals surface area contributed by atoms with Crippen LogP contribution in [0.25, 0.3) is 0 Å². The summed E-state index contributed by atoms with van der Waals surface area (Å²) in [4.78, 5) is 10.3. The largest absolute Gasteiger partial charge is 0.394 e. The van der Waals surface area contributed by atoms with Gasteiger partial charge >= 0.3 is 0 Å². The molecule has 4 heteroatoms. The van der Waals surface area contributed by atoms with Gasteiger partial charge in [0, 0.05) is 13.5 Å². The number of rotatable bonds is 5. The van der Waals surface area contributed by atoms with Crippen LogP contribution in [0.1, 0.15) is 20.8 Å². The van der Waals surface area contributed by atoms with Crippen molar-refractivity contribution in [3.05, 3.63) is 0 Å². The number of hydrogen-bond acceptors (Lipinski definition) is 3. The predicted molar refractivity (Wildman–Crippen MR) is 47.9 cm³/mol. The minimum atomic E-state index is -0.0624. The molecular weight excluding hydrogens is 158 g/mol. The lowest BCUT2D eigenvalue weighted by Crippen LogP contribution is -2.24. The lowest BCUT2D eigenvalue weighted by Gasteiger charge is -2.01. The highest BCUT2D eigenvalue weighted by atomic mass is 16.5. The van der Waals surface area contributed by atoms with Gasteiger partial charge in [-0.1, -0.05) is 13.8 Å². The molecule has 0 saturated carbocycles. The molecule has 12 heavy (non-hydrogen) atoms. The molecule has 74 valence electrons. The molecule has 0 rings (SSSR count). The number of carbonyl (C=O) groups is 1. The van der Waals surface area contributed by atoms with Crippen LogP contribution < -0.4 is 5.32 Å². The zero-order valence-corrected chi connectivity index (χ0v) is 8.09. The van der Waals surface area contributed by atoms with E-state index in [1.54, 1.807) is 0 Å². The first-order valence-corrected chi connectivity index (χ1v) is 4.20. The number of ether oxygens (including phenoxy) is 1. The Balaban J connectivity index is 0. The molecule has 0 heterocycles. The summed E-state index contributed by atoms with van der Waals surface area (Å²) in [5.41, 5.74) is 0. The van der Waals surface area contributed by atoms with Gasteiger partial charge in [0.1, 0.15) is 0 Å². The summed E-state index contributed by atoms with van der Waals surface area (Å²) in [7, 11) is 0. The third-order valence-electron chi connectivity index (χ3n) is 0.856. The molecule has 0 bridgehead atoms. The van der Waals surface area contributed by atoms with Gasteiger partial charge in [-0.05, 0) is 0 Å². The normalized spacial score (nSPS) is 8.33. The number of carbonyl (C=O) groups excluding carboxylic acids is 1. The molecule has 0 aromatic rings. The fraction of sp³-hybridized carbons (Fsp3) is 0.875. The Hall–Kier alpha value is -0.610. The first-order valence-electron chi connectivity index (χ1n) is 4.20. The molecular formula is C8H19NO3. The smallest absolute Gasteiger partial charge is 0.216 e. The van der Waals surface area contributed by atoms with Crippen molar-refractivity contribution in [3.8, 4) is 0 Å². The number of aliphatic hydroxyl groups excluding tert-OH is 1. The van der Waals surface area contributed by atoms with Gasteiger partial charge in [-0.25, -0.2) is 0 Å². The third kappa shape index (κ3) is 16.2. The fourth-order valence-electron chi connectivity index (χ4n) is 0.466. The van der Waals surface area contributed by atoms with Crippen LogP contribution >= 0.6 is 0 Å². The number of amides is 1. The van der Waals surface area contributed by atoms with Crippen LogP contribution in [-0.4, -0.2) is 37.4 Å². The van der Waals surface area contributed by atoms with E-state index in [1.807, 2.05) is 13.8 Å². The van der Waals surface area contributed by atoms with E-state index in [2.05, 4.69) is 5.32 Å². The Labute approximate surface area is 73.9 Å². The zero-order chi connectivity index (χ0) is 9.82. The van der Waals surface area contributed by atoms with E-state index in [-0.39, 0.29) is 12.5 Å². The highest BCUT2D eigenvalue weighted by Gasteiger charge is 1.88. The van der Waals surface area contributed by atoms with Crippen LogP contribution in [-0.2, 0) is 9.53 Å². The Morgan fingerprint density at radius 1 is 1.42 bits per heavy atom. The Kier molecular flexibility index (Phi) is 15.1. The monoisotopic (exact) mass is 177 g/mol. The molecule has 0 saturated heterocycles. The van der Waals surface area contributed by atoms with Gasteiger partial charge in [-0.15, -0.1) is 0 Å². The molecule has 0 aromatic heterocycles. The van der Waals surface area contributed by atoms with Crippen molar-refractivity contribution in [2.75, 3.05) is 26.4 Å². The molecule has 4 nitrogen and oxygen atoms in total. The van der Waals surface area contributed by atoms with Crippen molar-refractivity contribution in [1.82, 2.24) is 5.32 Å². The molecule has 0 aliphatic heterocycles. The van der Waals surface area contributed by atoms with Crippen LogP contribution in [0.2, 0.25) is 0 Å². The average Bonchev–Trinajstić information content (AvgIpc) is 2.07. The summed E-state index contributed by atoms with van der Waals surface area (Å²) >= 11 is 0. The second kappa shape index (κ2) is 13.0. The SMILES string of the molecule is CC.CC(=O)NCCOCCO. The number of hydrogen-bond donors (Lipinski definition) is 2. The molecule has 0 radical (unpaired) electrons. The Morgan fingerprint density at radius 3 is 2.42 bits per heavy atom. The van der Waals surface area contributed by atoms with Gasteiger partial charge in [0.2, 0.25) is 5.91 Å². The van der Waals surface area contributed by atoms with Crippen LogP contribution in [0.4, 0.5) is 0 Å². The van der Waals surface area contributed by atoms with E-state index < -0.39 is 0 Å². The zero-order valence-electron chi connectivity index (χ0n) is 8.09. The topological polar surface area (TPSA) is 58.6 Å². The first kappa shape index (κ1) is 13.9.